The van der Waals surface area contributed by atoms with Gasteiger partial charge in [-0.15, -0.1) is 0 Å². The smallest absolute Gasteiger partial charge is 0.409 e. The van der Waals surface area contributed by atoms with Gasteiger partial charge in [0.2, 0.25) is 5.88 Å². The van der Waals surface area contributed by atoms with Crippen molar-refractivity contribution >= 4 is 27.0 Å². The zero-order valence-corrected chi connectivity index (χ0v) is 20.2. The molecule has 1 saturated heterocycles. The van der Waals surface area contributed by atoms with E-state index in [1.165, 1.54) is 12.6 Å². The van der Waals surface area contributed by atoms with Crippen LogP contribution in [0.15, 0.2) is 41.7 Å². The van der Waals surface area contributed by atoms with E-state index in [-0.39, 0.29) is 17.1 Å². The number of rotatable bonds is 8. The number of sulfone groups is 1. The summed E-state index contributed by atoms with van der Waals surface area (Å²) in [6.07, 6.45) is 8.27. The second-order valence-electron chi connectivity index (χ2n) is 8.36. The molecular formula is C23H29N5O5S. The molecule has 1 amide bonds. The molecule has 1 aliphatic rings. The van der Waals surface area contributed by atoms with E-state index >= 15 is 0 Å². The van der Waals surface area contributed by atoms with E-state index in [0.29, 0.717) is 55.1 Å². The largest absolute Gasteiger partial charge is 0.474 e. The molecule has 2 aromatic heterocycles. The Morgan fingerprint density at radius 2 is 1.85 bits per heavy atom. The number of aromatic nitrogens is 4. The molecule has 0 radical (unpaired) electrons. The molecule has 1 fully saturated rings. The van der Waals surface area contributed by atoms with E-state index in [0.717, 1.165) is 19.3 Å². The summed E-state index contributed by atoms with van der Waals surface area (Å²) in [6, 6.07) is 6.45. The molecule has 0 N–H and O–H groups in total. The number of piperidine rings is 1. The third-order valence-electron chi connectivity index (χ3n) is 5.79. The molecule has 0 unspecified atom stereocenters. The Kier molecular flexibility index (Phi) is 7.30. The average Bonchev–Trinajstić information content (AvgIpc) is 3.27. The Labute approximate surface area is 198 Å². The van der Waals surface area contributed by atoms with Gasteiger partial charge in [-0.2, -0.15) is 5.10 Å². The Bertz CT molecular complexity index is 1230. The predicted octanol–water partition coefficient (Wildman–Crippen LogP) is 3.39. The Morgan fingerprint density at radius 1 is 1.12 bits per heavy atom. The summed E-state index contributed by atoms with van der Waals surface area (Å²) >= 11 is 0. The van der Waals surface area contributed by atoms with Gasteiger partial charge in [0.25, 0.3) is 0 Å². The number of unbranched alkanes of at least 4 members (excludes halogenated alkanes) is 2. The van der Waals surface area contributed by atoms with Crippen molar-refractivity contribution in [2.75, 3.05) is 26.0 Å². The van der Waals surface area contributed by atoms with Crippen molar-refractivity contribution in [3.63, 3.8) is 0 Å². The van der Waals surface area contributed by atoms with Crippen LogP contribution in [0, 0.1) is 0 Å². The van der Waals surface area contributed by atoms with Crippen molar-refractivity contribution < 1.29 is 22.7 Å². The molecule has 0 aliphatic carbocycles. The summed E-state index contributed by atoms with van der Waals surface area (Å²) in [4.78, 5) is 22.8. The van der Waals surface area contributed by atoms with Crippen LogP contribution in [0.2, 0.25) is 0 Å². The predicted molar refractivity (Wildman–Crippen MR) is 126 cm³/mol. The van der Waals surface area contributed by atoms with Crippen LogP contribution in [0.5, 0.6) is 5.88 Å². The fourth-order valence-electron chi connectivity index (χ4n) is 3.86. The number of carbonyl (C=O) groups excluding carboxylic acids is 1. The van der Waals surface area contributed by atoms with Crippen LogP contribution in [-0.4, -0.2) is 71.2 Å². The molecule has 3 heterocycles. The van der Waals surface area contributed by atoms with E-state index in [9.17, 15) is 13.2 Å². The minimum absolute atomic E-state index is 0.0837. The summed E-state index contributed by atoms with van der Waals surface area (Å²) in [5.74, 6) is 0.435. The highest BCUT2D eigenvalue weighted by Crippen LogP contribution is 2.26. The van der Waals surface area contributed by atoms with Crippen LogP contribution < -0.4 is 4.74 Å². The summed E-state index contributed by atoms with van der Waals surface area (Å²) in [7, 11) is -3.28. The molecular weight excluding hydrogens is 458 g/mol. The fraction of sp³-hybridized carbons (Fsp3) is 0.478. The number of likely N-dealkylation sites (tertiary alicyclic amines) is 1. The van der Waals surface area contributed by atoms with Gasteiger partial charge in [-0.1, -0.05) is 19.8 Å². The molecule has 0 atom stereocenters. The molecule has 0 bridgehead atoms. The zero-order valence-electron chi connectivity index (χ0n) is 19.4. The van der Waals surface area contributed by atoms with E-state index in [1.807, 2.05) is 0 Å². The van der Waals surface area contributed by atoms with Crippen molar-refractivity contribution in [3.8, 4) is 11.6 Å². The Balaban J connectivity index is 1.40. The molecule has 1 aliphatic heterocycles. The van der Waals surface area contributed by atoms with Crippen LogP contribution in [0.25, 0.3) is 16.7 Å². The molecule has 3 aromatic rings. The number of nitrogens with zero attached hydrogens (tertiary/aromatic N) is 5. The van der Waals surface area contributed by atoms with Crippen molar-refractivity contribution in [3.05, 3.63) is 36.8 Å². The number of amides is 1. The molecule has 1 aromatic carbocycles. The maximum atomic E-state index is 12.2. The normalized spacial score (nSPS) is 14.9. The summed E-state index contributed by atoms with van der Waals surface area (Å²) in [6.45, 7) is 3.71. The highest BCUT2D eigenvalue weighted by atomic mass is 32.2. The second kappa shape index (κ2) is 10.4. The van der Waals surface area contributed by atoms with E-state index < -0.39 is 9.84 Å². The number of fused-ring (bicyclic) bond motifs is 1. The second-order valence-corrected chi connectivity index (χ2v) is 10.4. The van der Waals surface area contributed by atoms with Gasteiger partial charge < -0.3 is 14.4 Å². The van der Waals surface area contributed by atoms with Crippen LogP contribution in [0.4, 0.5) is 4.79 Å². The molecule has 0 spiro atoms. The monoisotopic (exact) mass is 487 g/mol. The SMILES string of the molecule is CCCCCOC(=O)N1CCC(Oc2ncnc3c2cnn3-c2ccc(S(C)(=O)=O)cc2)CC1. The maximum absolute atomic E-state index is 12.2. The van der Waals surface area contributed by atoms with E-state index in [1.54, 1.807) is 40.0 Å². The topological polar surface area (TPSA) is 117 Å². The first kappa shape index (κ1) is 23.9. The standard InChI is InChI=1S/C23H29N5O5S/c1-3-4-5-14-32-23(29)27-12-10-18(11-13-27)33-22-20-15-26-28(21(20)24-16-25-22)17-6-8-19(9-7-17)34(2,30)31/h6-9,15-16,18H,3-5,10-14H2,1-2H3. The van der Waals surface area contributed by atoms with E-state index in [4.69, 9.17) is 9.47 Å². The first-order valence-corrected chi connectivity index (χ1v) is 13.3. The van der Waals surface area contributed by atoms with Crippen molar-refractivity contribution in [1.82, 2.24) is 24.6 Å². The molecule has 10 nitrogen and oxygen atoms in total. The van der Waals surface area contributed by atoms with Gasteiger partial charge >= 0.3 is 6.09 Å². The van der Waals surface area contributed by atoms with Crippen LogP contribution in [0.3, 0.4) is 0 Å². The summed E-state index contributed by atoms with van der Waals surface area (Å²) < 4.78 is 36.6. The minimum atomic E-state index is -3.28. The number of benzene rings is 1. The van der Waals surface area contributed by atoms with E-state index in [2.05, 4.69) is 22.0 Å². The molecule has 34 heavy (non-hydrogen) atoms. The van der Waals surface area contributed by atoms with Gasteiger partial charge in [0.15, 0.2) is 15.5 Å². The lowest BCUT2D eigenvalue weighted by molar-refractivity contribution is 0.0659. The minimum Gasteiger partial charge on any atom is -0.474 e. The summed E-state index contributed by atoms with van der Waals surface area (Å²) in [5, 5.41) is 5.06. The van der Waals surface area contributed by atoms with Gasteiger partial charge in [0, 0.05) is 32.2 Å². The molecule has 11 heteroatoms. The molecule has 182 valence electrons. The zero-order chi connectivity index (χ0) is 24.1. The summed E-state index contributed by atoms with van der Waals surface area (Å²) in [5.41, 5.74) is 1.24. The molecule has 4 rings (SSSR count). The lowest BCUT2D eigenvalue weighted by Gasteiger charge is -2.31. The van der Waals surface area contributed by atoms with Gasteiger partial charge in [0.05, 0.1) is 23.4 Å². The van der Waals surface area contributed by atoms with Crippen LogP contribution >= 0.6 is 0 Å². The number of ether oxygens (including phenoxy) is 2. The van der Waals surface area contributed by atoms with Gasteiger partial charge in [0.1, 0.15) is 17.8 Å². The van der Waals surface area contributed by atoms with Crippen molar-refractivity contribution in [2.24, 2.45) is 0 Å². The lowest BCUT2D eigenvalue weighted by Crippen LogP contribution is -2.42. The Morgan fingerprint density at radius 3 is 2.53 bits per heavy atom. The molecule has 0 saturated carbocycles. The van der Waals surface area contributed by atoms with Crippen LogP contribution in [-0.2, 0) is 14.6 Å². The highest BCUT2D eigenvalue weighted by molar-refractivity contribution is 7.90. The average molecular weight is 488 g/mol. The van der Waals surface area contributed by atoms with Gasteiger partial charge in [-0.3, -0.25) is 0 Å². The quantitative estimate of drug-likeness (QED) is 0.444. The third-order valence-corrected chi connectivity index (χ3v) is 6.92. The van der Waals surface area contributed by atoms with Crippen molar-refractivity contribution in [1.29, 1.82) is 0 Å². The lowest BCUT2D eigenvalue weighted by atomic mass is 10.1. The van der Waals surface area contributed by atoms with Gasteiger partial charge in [-0.05, 0) is 30.7 Å². The number of carbonyl (C=O) groups is 1. The number of hydrogen-bond donors (Lipinski definition) is 0. The van der Waals surface area contributed by atoms with Crippen LogP contribution in [0.1, 0.15) is 39.0 Å². The van der Waals surface area contributed by atoms with Gasteiger partial charge in [-0.25, -0.2) is 27.9 Å². The highest BCUT2D eigenvalue weighted by Gasteiger charge is 2.26. The van der Waals surface area contributed by atoms with Crippen molar-refractivity contribution in [2.45, 2.75) is 50.0 Å². The Hall–Kier alpha value is -3.21. The maximum Gasteiger partial charge on any atom is 0.409 e. The first-order valence-electron chi connectivity index (χ1n) is 11.4. The number of hydrogen-bond acceptors (Lipinski definition) is 8. The third kappa shape index (κ3) is 5.46. The fourth-order valence-corrected chi connectivity index (χ4v) is 4.49. The first-order chi connectivity index (χ1) is 16.4.